The summed E-state index contributed by atoms with van der Waals surface area (Å²) in [7, 11) is 1.65. The molecule has 0 aliphatic carbocycles. The molecule has 0 saturated heterocycles. The number of aryl methyl sites for hydroxylation is 2. The number of rotatable bonds is 8. The van der Waals surface area contributed by atoms with Crippen LogP contribution in [0.1, 0.15) is 38.6 Å². The summed E-state index contributed by atoms with van der Waals surface area (Å²) in [5.41, 5.74) is 4.32. The number of hydrogen-bond acceptors (Lipinski definition) is 4. The first-order chi connectivity index (χ1) is 13.6. The number of amides is 1. The van der Waals surface area contributed by atoms with Crippen molar-refractivity contribution in [1.82, 2.24) is 5.32 Å². The van der Waals surface area contributed by atoms with Crippen molar-refractivity contribution >= 4 is 5.91 Å². The molecule has 0 radical (unpaired) electrons. The topological polar surface area (TPSA) is 60.7 Å². The zero-order valence-electron chi connectivity index (χ0n) is 16.5. The minimum Gasteiger partial charge on any atom is -0.485 e. The van der Waals surface area contributed by atoms with Crippen LogP contribution in [0.5, 0.6) is 5.75 Å². The van der Waals surface area contributed by atoms with Gasteiger partial charge in [0.15, 0.2) is 5.76 Å². The van der Waals surface area contributed by atoms with Gasteiger partial charge in [0.1, 0.15) is 18.1 Å². The second-order valence-corrected chi connectivity index (χ2v) is 6.71. The van der Waals surface area contributed by atoms with Crippen molar-refractivity contribution in [3.63, 3.8) is 0 Å². The maximum atomic E-state index is 12.4. The third-order valence-electron chi connectivity index (χ3n) is 4.44. The normalized spacial score (nSPS) is 10.7. The highest BCUT2D eigenvalue weighted by Gasteiger charge is 2.12. The molecule has 0 spiro atoms. The monoisotopic (exact) mass is 379 g/mol. The lowest BCUT2D eigenvalue weighted by Gasteiger charge is -2.09. The first-order valence-corrected chi connectivity index (χ1v) is 9.19. The average molecular weight is 379 g/mol. The van der Waals surface area contributed by atoms with Crippen molar-refractivity contribution in [3.8, 4) is 5.75 Å². The Kier molecular flexibility index (Phi) is 6.50. The summed E-state index contributed by atoms with van der Waals surface area (Å²) in [5, 5.41) is 2.89. The van der Waals surface area contributed by atoms with E-state index in [2.05, 4.69) is 11.4 Å². The van der Waals surface area contributed by atoms with Crippen LogP contribution in [0.15, 0.2) is 59.0 Å². The van der Waals surface area contributed by atoms with Crippen LogP contribution in [0.3, 0.4) is 0 Å². The van der Waals surface area contributed by atoms with Crippen LogP contribution in [-0.4, -0.2) is 13.0 Å². The molecule has 0 aliphatic rings. The number of ether oxygens (including phenoxy) is 2. The summed E-state index contributed by atoms with van der Waals surface area (Å²) >= 11 is 0. The molecule has 0 bridgehead atoms. The van der Waals surface area contributed by atoms with Crippen molar-refractivity contribution < 1.29 is 18.7 Å². The van der Waals surface area contributed by atoms with Gasteiger partial charge in [-0.15, -0.1) is 0 Å². The molecule has 0 unspecified atom stereocenters. The molecule has 1 heterocycles. The van der Waals surface area contributed by atoms with Gasteiger partial charge in [0.25, 0.3) is 5.91 Å². The molecule has 2 aromatic carbocycles. The van der Waals surface area contributed by atoms with E-state index in [0.29, 0.717) is 18.9 Å². The highest BCUT2D eigenvalue weighted by atomic mass is 16.5. The van der Waals surface area contributed by atoms with Gasteiger partial charge in [-0.3, -0.25) is 4.79 Å². The van der Waals surface area contributed by atoms with E-state index in [4.69, 9.17) is 13.9 Å². The molecule has 0 atom stereocenters. The summed E-state index contributed by atoms with van der Waals surface area (Å²) in [4.78, 5) is 12.4. The molecule has 0 saturated carbocycles. The number of methoxy groups -OCH3 is 1. The van der Waals surface area contributed by atoms with Gasteiger partial charge >= 0.3 is 0 Å². The molecule has 1 amide bonds. The summed E-state index contributed by atoms with van der Waals surface area (Å²) in [6, 6.07) is 17.3. The van der Waals surface area contributed by atoms with Crippen LogP contribution in [-0.2, 0) is 24.5 Å². The summed E-state index contributed by atoms with van der Waals surface area (Å²) in [6.45, 7) is 5.24. The van der Waals surface area contributed by atoms with E-state index in [9.17, 15) is 4.79 Å². The molecule has 146 valence electrons. The number of hydrogen-bond donors (Lipinski definition) is 1. The van der Waals surface area contributed by atoms with Crippen LogP contribution in [0.25, 0.3) is 0 Å². The molecular weight excluding hydrogens is 354 g/mol. The van der Waals surface area contributed by atoms with E-state index >= 15 is 0 Å². The molecule has 5 nitrogen and oxygen atoms in total. The zero-order valence-corrected chi connectivity index (χ0v) is 16.5. The predicted molar refractivity (Wildman–Crippen MR) is 107 cm³/mol. The van der Waals surface area contributed by atoms with Gasteiger partial charge in [-0.05, 0) is 48.7 Å². The number of carbonyl (C=O) groups excluding carboxylic acids is 1. The number of nitrogens with one attached hydrogen (secondary N) is 1. The fraction of sp³-hybridized carbons (Fsp3) is 0.261. The predicted octanol–water partition coefficient (Wildman–Crippen LogP) is 4.55. The maximum Gasteiger partial charge on any atom is 0.287 e. The minimum absolute atomic E-state index is 0.259. The van der Waals surface area contributed by atoms with Gasteiger partial charge in [-0.1, -0.05) is 42.0 Å². The zero-order chi connectivity index (χ0) is 19.9. The Bertz CT molecular complexity index is 945. The summed E-state index contributed by atoms with van der Waals surface area (Å²) in [5.74, 6) is 1.42. The smallest absolute Gasteiger partial charge is 0.287 e. The first-order valence-electron chi connectivity index (χ1n) is 9.19. The van der Waals surface area contributed by atoms with Crippen LogP contribution in [0.4, 0.5) is 0 Å². The van der Waals surface area contributed by atoms with Crippen molar-refractivity contribution in [1.29, 1.82) is 0 Å². The molecule has 3 rings (SSSR count). The Labute approximate surface area is 165 Å². The lowest BCUT2D eigenvalue weighted by molar-refractivity contribution is 0.0918. The van der Waals surface area contributed by atoms with Crippen LogP contribution in [0, 0.1) is 13.8 Å². The quantitative estimate of drug-likeness (QED) is 0.624. The van der Waals surface area contributed by atoms with E-state index in [1.54, 1.807) is 19.2 Å². The van der Waals surface area contributed by atoms with E-state index in [-0.39, 0.29) is 18.3 Å². The molecule has 5 heteroatoms. The van der Waals surface area contributed by atoms with Crippen LogP contribution in [0.2, 0.25) is 0 Å². The van der Waals surface area contributed by atoms with Crippen molar-refractivity contribution in [3.05, 3.63) is 88.4 Å². The van der Waals surface area contributed by atoms with Gasteiger partial charge in [0.2, 0.25) is 0 Å². The van der Waals surface area contributed by atoms with E-state index in [1.165, 1.54) is 5.56 Å². The van der Waals surface area contributed by atoms with Crippen molar-refractivity contribution in [2.45, 2.75) is 33.6 Å². The summed E-state index contributed by atoms with van der Waals surface area (Å²) < 4.78 is 16.6. The fourth-order valence-corrected chi connectivity index (χ4v) is 2.98. The van der Waals surface area contributed by atoms with Gasteiger partial charge in [-0.25, -0.2) is 0 Å². The van der Waals surface area contributed by atoms with Gasteiger partial charge in [-0.2, -0.15) is 0 Å². The molecule has 28 heavy (non-hydrogen) atoms. The Hall–Kier alpha value is -3.05. The lowest BCUT2D eigenvalue weighted by Crippen LogP contribution is -2.23. The molecule has 0 fully saturated rings. The molecular formula is C23H25NO4. The number of carbonyl (C=O) groups is 1. The Balaban J connectivity index is 1.57. The molecule has 1 aromatic heterocycles. The van der Waals surface area contributed by atoms with E-state index in [0.717, 1.165) is 22.4 Å². The van der Waals surface area contributed by atoms with E-state index < -0.39 is 0 Å². The minimum atomic E-state index is -0.259. The standard InChI is InChI=1S/C23H25NO4/c1-16-8-10-21(17(2)12-16)27-15-20-9-11-22(28-20)23(25)24-13-18-6-4-5-7-19(18)14-26-3/h4-12H,13-15H2,1-3H3,(H,24,25). The lowest BCUT2D eigenvalue weighted by atomic mass is 10.1. The third-order valence-corrected chi connectivity index (χ3v) is 4.44. The Morgan fingerprint density at radius 3 is 2.54 bits per heavy atom. The second-order valence-electron chi connectivity index (χ2n) is 6.71. The summed E-state index contributed by atoms with van der Waals surface area (Å²) in [6.07, 6.45) is 0. The molecule has 0 aliphatic heterocycles. The molecule has 3 aromatic rings. The number of benzene rings is 2. The first kappa shape index (κ1) is 19.7. The average Bonchev–Trinajstić information content (AvgIpc) is 3.16. The van der Waals surface area contributed by atoms with Gasteiger partial charge < -0.3 is 19.2 Å². The Morgan fingerprint density at radius 2 is 1.79 bits per heavy atom. The highest BCUT2D eigenvalue weighted by Crippen LogP contribution is 2.20. The molecule has 1 N–H and O–H groups in total. The highest BCUT2D eigenvalue weighted by molar-refractivity contribution is 5.91. The maximum absolute atomic E-state index is 12.4. The Morgan fingerprint density at radius 1 is 1.00 bits per heavy atom. The third kappa shape index (κ3) is 5.02. The van der Waals surface area contributed by atoms with Crippen molar-refractivity contribution in [2.24, 2.45) is 0 Å². The largest absolute Gasteiger partial charge is 0.485 e. The van der Waals surface area contributed by atoms with Crippen LogP contribution < -0.4 is 10.1 Å². The fourth-order valence-electron chi connectivity index (χ4n) is 2.98. The van der Waals surface area contributed by atoms with Crippen molar-refractivity contribution in [2.75, 3.05) is 7.11 Å². The van der Waals surface area contributed by atoms with E-state index in [1.807, 2.05) is 50.2 Å². The van der Waals surface area contributed by atoms with Gasteiger partial charge in [0.05, 0.1) is 6.61 Å². The second kappa shape index (κ2) is 9.24. The van der Waals surface area contributed by atoms with Gasteiger partial charge in [0, 0.05) is 13.7 Å². The number of furan rings is 1. The SMILES string of the molecule is COCc1ccccc1CNC(=O)c1ccc(COc2ccc(C)cc2C)o1. The van der Waals surface area contributed by atoms with Crippen LogP contribution >= 0.6 is 0 Å².